The van der Waals surface area contributed by atoms with Gasteiger partial charge in [-0.05, 0) is 32.1 Å². The van der Waals surface area contributed by atoms with Crippen molar-refractivity contribution < 1.29 is 4.74 Å². The molecule has 5 heteroatoms. The van der Waals surface area contributed by atoms with Crippen molar-refractivity contribution in [2.45, 2.75) is 45.1 Å². The summed E-state index contributed by atoms with van der Waals surface area (Å²) in [5.41, 5.74) is 0. The summed E-state index contributed by atoms with van der Waals surface area (Å²) in [7, 11) is 8.15. The number of hydrogen-bond donors (Lipinski definition) is 0. The van der Waals surface area contributed by atoms with Crippen LogP contribution in [0.15, 0.2) is 4.99 Å². The van der Waals surface area contributed by atoms with Gasteiger partial charge in [-0.25, -0.2) is 0 Å². The predicted molar refractivity (Wildman–Crippen MR) is 97.1 cm³/mol. The Morgan fingerprint density at radius 1 is 1.15 bits per heavy atom. The van der Waals surface area contributed by atoms with Crippen LogP contribution in [-0.4, -0.2) is 63.2 Å². The number of rotatable bonds is 6. The highest BCUT2D eigenvalue weighted by molar-refractivity contribution is 14.0. The highest BCUT2D eigenvalue weighted by atomic mass is 127. The molecule has 0 bridgehead atoms. The zero-order valence-electron chi connectivity index (χ0n) is 13.8. The van der Waals surface area contributed by atoms with Gasteiger partial charge in [-0.1, -0.05) is 12.8 Å². The fourth-order valence-corrected chi connectivity index (χ4v) is 2.97. The maximum atomic E-state index is 5.93. The second-order valence-corrected chi connectivity index (χ2v) is 5.80. The largest absolute Gasteiger partial charge is 0.378 e. The molecule has 0 amide bonds. The first-order chi connectivity index (χ1) is 9.06. The molecule has 4 nitrogen and oxygen atoms in total. The molecule has 0 aromatic carbocycles. The number of hydrogen-bond acceptors (Lipinski definition) is 2. The molecular weight excluding hydrogens is 365 g/mol. The van der Waals surface area contributed by atoms with E-state index < -0.39 is 0 Å². The highest BCUT2D eigenvalue weighted by Crippen LogP contribution is 2.30. The van der Waals surface area contributed by atoms with Crippen LogP contribution >= 0.6 is 24.0 Å². The van der Waals surface area contributed by atoms with Crippen LogP contribution in [0.1, 0.15) is 39.0 Å². The van der Waals surface area contributed by atoms with Crippen LogP contribution in [0.25, 0.3) is 0 Å². The lowest BCUT2D eigenvalue weighted by atomic mass is 9.98. The van der Waals surface area contributed by atoms with Crippen LogP contribution in [0.4, 0.5) is 0 Å². The Hall–Kier alpha value is -0.0400. The summed E-state index contributed by atoms with van der Waals surface area (Å²) < 4.78 is 5.93. The summed E-state index contributed by atoms with van der Waals surface area (Å²) in [5.74, 6) is 1.79. The summed E-state index contributed by atoms with van der Waals surface area (Å²) in [6, 6.07) is 0. The summed E-state index contributed by atoms with van der Waals surface area (Å²) >= 11 is 0. The number of halogens is 1. The molecule has 1 atom stereocenters. The molecule has 0 aromatic heterocycles. The molecule has 1 saturated carbocycles. The minimum absolute atomic E-state index is 0. The van der Waals surface area contributed by atoms with Crippen LogP contribution in [0.2, 0.25) is 0 Å². The highest BCUT2D eigenvalue weighted by Gasteiger charge is 2.25. The summed E-state index contributed by atoms with van der Waals surface area (Å²) in [6.07, 6.45) is 6.87. The van der Waals surface area contributed by atoms with Gasteiger partial charge in [0.15, 0.2) is 5.96 Å². The number of nitrogens with zero attached hydrogens (tertiary/aromatic N) is 3. The number of ether oxygens (including phenoxy) is 1. The van der Waals surface area contributed by atoms with E-state index in [2.05, 4.69) is 16.7 Å². The Kier molecular flexibility index (Phi) is 10.6. The van der Waals surface area contributed by atoms with Gasteiger partial charge < -0.3 is 14.5 Å². The smallest absolute Gasteiger partial charge is 0.195 e. The van der Waals surface area contributed by atoms with Gasteiger partial charge in [0.1, 0.15) is 0 Å². The third kappa shape index (κ3) is 6.61. The Bertz CT molecular complexity index is 266. The molecule has 1 unspecified atom stereocenters. The molecule has 20 heavy (non-hydrogen) atoms. The Balaban J connectivity index is 0.00000361. The van der Waals surface area contributed by atoms with Crippen LogP contribution in [0, 0.1) is 5.92 Å². The van der Waals surface area contributed by atoms with Gasteiger partial charge in [-0.15, -0.1) is 24.0 Å². The molecule has 0 heterocycles. The topological polar surface area (TPSA) is 28.1 Å². The zero-order chi connectivity index (χ0) is 14.3. The van der Waals surface area contributed by atoms with Crippen LogP contribution in [0.5, 0.6) is 0 Å². The molecule has 0 N–H and O–H groups in total. The average molecular weight is 397 g/mol. The van der Waals surface area contributed by atoms with Crippen molar-refractivity contribution in [2.24, 2.45) is 10.9 Å². The van der Waals surface area contributed by atoms with E-state index in [1.807, 2.05) is 28.2 Å². The maximum Gasteiger partial charge on any atom is 0.195 e. The van der Waals surface area contributed by atoms with E-state index in [0.717, 1.165) is 31.4 Å². The zero-order valence-corrected chi connectivity index (χ0v) is 16.1. The molecule has 120 valence electrons. The van der Waals surface area contributed by atoms with E-state index in [4.69, 9.17) is 9.73 Å². The van der Waals surface area contributed by atoms with Gasteiger partial charge in [0.25, 0.3) is 0 Å². The monoisotopic (exact) mass is 397 g/mol. The molecule has 1 aliphatic rings. The van der Waals surface area contributed by atoms with Gasteiger partial charge >= 0.3 is 0 Å². The van der Waals surface area contributed by atoms with Gasteiger partial charge in [-0.2, -0.15) is 0 Å². The van der Waals surface area contributed by atoms with Crippen LogP contribution in [-0.2, 0) is 4.74 Å². The number of aliphatic imine (C=N–C) groups is 1. The molecular formula is C15H32IN3O. The lowest BCUT2D eigenvalue weighted by Gasteiger charge is -2.25. The van der Waals surface area contributed by atoms with Crippen molar-refractivity contribution in [3.63, 3.8) is 0 Å². The molecule has 1 fully saturated rings. The minimum Gasteiger partial charge on any atom is -0.378 e. The Morgan fingerprint density at radius 2 is 1.70 bits per heavy atom. The normalized spacial score (nSPS) is 16.4. The van der Waals surface area contributed by atoms with Crippen LogP contribution in [0.3, 0.4) is 0 Å². The lowest BCUT2D eigenvalue weighted by Crippen LogP contribution is -2.35. The summed E-state index contributed by atoms with van der Waals surface area (Å²) in [4.78, 5) is 8.83. The molecule has 0 aliphatic heterocycles. The van der Waals surface area contributed by atoms with Crippen molar-refractivity contribution in [1.29, 1.82) is 0 Å². The second-order valence-electron chi connectivity index (χ2n) is 5.80. The fraction of sp³-hybridized carbons (Fsp3) is 0.933. The van der Waals surface area contributed by atoms with Crippen molar-refractivity contribution >= 4 is 29.9 Å². The van der Waals surface area contributed by atoms with Crippen molar-refractivity contribution in [3.8, 4) is 0 Å². The third-order valence-electron chi connectivity index (χ3n) is 3.77. The standard InChI is InChI=1S/C15H31N3O.HI/c1-6-19-14(13-9-7-8-10-13)11-12-16-15(17(2)3)18(4)5;/h13-14H,6-12H2,1-5H3;1H. The Morgan fingerprint density at radius 3 is 2.15 bits per heavy atom. The van der Waals surface area contributed by atoms with Gasteiger partial charge in [0.2, 0.25) is 0 Å². The molecule has 0 radical (unpaired) electrons. The fourth-order valence-electron chi connectivity index (χ4n) is 2.97. The van der Waals surface area contributed by atoms with Crippen molar-refractivity contribution in [3.05, 3.63) is 0 Å². The molecule has 1 rings (SSSR count). The van der Waals surface area contributed by atoms with E-state index in [-0.39, 0.29) is 24.0 Å². The average Bonchev–Trinajstić information content (AvgIpc) is 2.85. The molecule has 0 saturated heterocycles. The van der Waals surface area contributed by atoms with Gasteiger partial charge in [0, 0.05) is 41.3 Å². The van der Waals surface area contributed by atoms with E-state index in [1.165, 1.54) is 25.7 Å². The first kappa shape index (κ1) is 20.0. The van der Waals surface area contributed by atoms with Crippen molar-refractivity contribution in [1.82, 2.24) is 9.80 Å². The quantitative estimate of drug-likeness (QED) is 0.392. The SMILES string of the molecule is CCOC(CCN=C(N(C)C)N(C)C)C1CCCC1.I. The van der Waals surface area contributed by atoms with E-state index >= 15 is 0 Å². The van der Waals surface area contributed by atoms with E-state index in [1.54, 1.807) is 0 Å². The lowest BCUT2D eigenvalue weighted by molar-refractivity contribution is 0.0177. The first-order valence-electron chi connectivity index (χ1n) is 7.57. The third-order valence-corrected chi connectivity index (χ3v) is 3.77. The van der Waals surface area contributed by atoms with Gasteiger partial charge in [0.05, 0.1) is 6.10 Å². The minimum atomic E-state index is 0. The van der Waals surface area contributed by atoms with Crippen molar-refractivity contribution in [2.75, 3.05) is 41.3 Å². The number of guanidine groups is 1. The van der Waals surface area contributed by atoms with Gasteiger partial charge in [-0.3, -0.25) is 4.99 Å². The summed E-state index contributed by atoms with van der Waals surface area (Å²) in [6.45, 7) is 3.77. The molecule has 1 aliphatic carbocycles. The summed E-state index contributed by atoms with van der Waals surface area (Å²) in [5, 5.41) is 0. The Labute approximate surface area is 142 Å². The van der Waals surface area contributed by atoms with Crippen LogP contribution < -0.4 is 0 Å². The molecule has 0 aromatic rings. The van der Waals surface area contributed by atoms with E-state index in [9.17, 15) is 0 Å². The second kappa shape index (κ2) is 10.7. The maximum absolute atomic E-state index is 5.93. The predicted octanol–water partition coefficient (Wildman–Crippen LogP) is 3.07. The van der Waals surface area contributed by atoms with E-state index in [0.29, 0.717) is 6.10 Å². The molecule has 0 spiro atoms. The first-order valence-corrected chi connectivity index (χ1v) is 7.57.